The average molecular weight is 309 g/mol. The summed E-state index contributed by atoms with van der Waals surface area (Å²) in [6.07, 6.45) is 16.0. The molecule has 2 heteroatoms. The molecular formula is C20H36O2. The predicted molar refractivity (Wildman–Crippen MR) is 91.7 cm³/mol. The molecule has 2 aliphatic carbocycles. The summed E-state index contributed by atoms with van der Waals surface area (Å²) in [7, 11) is 0. The molecule has 128 valence electrons. The van der Waals surface area contributed by atoms with E-state index in [9.17, 15) is 4.79 Å². The summed E-state index contributed by atoms with van der Waals surface area (Å²) in [6, 6.07) is 0. The highest BCUT2D eigenvalue weighted by atomic mass is 16.5. The molecule has 0 N–H and O–H groups in total. The van der Waals surface area contributed by atoms with Crippen molar-refractivity contribution in [2.24, 2.45) is 17.8 Å². The van der Waals surface area contributed by atoms with E-state index in [0.29, 0.717) is 12.3 Å². The average Bonchev–Trinajstić information content (AvgIpc) is 2.54. The van der Waals surface area contributed by atoms with Crippen molar-refractivity contribution >= 4 is 5.97 Å². The Hall–Kier alpha value is -0.530. The normalized spacial score (nSPS) is 28.3. The van der Waals surface area contributed by atoms with Gasteiger partial charge in [0.2, 0.25) is 0 Å². The first-order chi connectivity index (χ1) is 10.7. The van der Waals surface area contributed by atoms with Gasteiger partial charge in [-0.1, -0.05) is 52.4 Å². The number of hydrogen-bond acceptors (Lipinski definition) is 2. The Balaban J connectivity index is 1.63. The molecule has 2 rings (SSSR count). The molecule has 2 nitrogen and oxygen atoms in total. The molecule has 0 amide bonds. The van der Waals surface area contributed by atoms with Gasteiger partial charge in [0.1, 0.15) is 6.10 Å². The lowest BCUT2D eigenvalue weighted by Crippen LogP contribution is -2.28. The molecule has 0 bridgehead atoms. The minimum absolute atomic E-state index is 0.0781. The quantitative estimate of drug-likeness (QED) is 0.548. The van der Waals surface area contributed by atoms with Crippen LogP contribution in [0.4, 0.5) is 0 Å². The van der Waals surface area contributed by atoms with Crippen LogP contribution in [0, 0.1) is 17.8 Å². The van der Waals surface area contributed by atoms with Gasteiger partial charge in [-0.15, -0.1) is 0 Å². The van der Waals surface area contributed by atoms with E-state index in [1.807, 2.05) is 0 Å². The lowest BCUT2D eigenvalue weighted by Gasteiger charge is -2.32. The second kappa shape index (κ2) is 9.57. The maximum Gasteiger partial charge on any atom is 0.306 e. The lowest BCUT2D eigenvalue weighted by molar-refractivity contribution is -0.152. The van der Waals surface area contributed by atoms with E-state index in [4.69, 9.17) is 4.74 Å². The summed E-state index contributed by atoms with van der Waals surface area (Å²) < 4.78 is 5.76. The number of carbonyl (C=O) groups excluding carboxylic acids is 1. The van der Waals surface area contributed by atoms with Crippen LogP contribution in [0.15, 0.2) is 0 Å². The van der Waals surface area contributed by atoms with Crippen LogP contribution in [0.3, 0.4) is 0 Å². The van der Waals surface area contributed by atoms with Crippen molar-refractivity contribution in [1.82, 2.24) is 0 Å². The Kier molecular flexibility index (Phi) is 7.75. The predicted octanol–water partition coefficient (Wildman–Crippen LogP) is 5.89. The van der Waals surface area contributed by atoms with Crippen molar-refractivity contribution in [3.8, 4) is 0 Å². The van der Waals surface area contributed by atoms with Gasteiger partial charge in [-0.3, -0.25) is 4.79 Å². The van der Waals surface area contributed by atoms with Crippen LogP contribution in [0.25, 0.3) is 0 Å². The minimum atomic E-state index is 0.0781. The van der Waals surface area contributed by atoms with E-state index < -0.39 is 0 Å². The molecule has 0 radical (unpaired) electrons. The molecule has 0 aliphatic heterocycles. The number of ether oxygens (including phenoxy) is 1. The van der Waals surface area contributed by atoms with Gasteiger partial charge in [-0.2, -0.15) is 0 Å². The standard InChI is InChI=1S/C20H36O2/c1-3-4-8-16(2)18-11-13-19(14-12-18)22-20(21)15-17-9-6-5-7-10-17/h16-19H,3-15H2,1-2H3. The molecule has 0 heterocycles. The molecule has 0 saturated heterocycles. The second-order valence-electron chi connectivity index (χ2n) is 7.85. The summed E-state index contributed by atoms with van der Waals surface area (Å²) >= 11 is 0. The van der Waals surface area contributed by atoms with Crippen molar-refractivity contribution in [3.05, 3.63) is 0 Å². The zero-order valence-electron chi connectivity index (χ0n) is 14.8. The zero-order chi connectivity index (χ0) is 15.8. The Morgan fingerprint density at radius 3 is 2.36 bits per heavy atom. The van der Waals surface area contributed by atoms with Crippen molar-refractivity contribution in [2.45, 2.75) is 103 Å². The number of unbranched alkanes of at least 4 members (excludes halogenated alkanes) is 1. The van der Waals surface area contributed by atoms with Gasteiger partial charge in [-0.05, 0) is 56.3 Å². The van der Waals surface area contributed by atoms with E-state index >= 15 is 0 Å². The van der Waals surface area contributed by atoms with Crippen LogP contribution in [-0.2, 0) is 9.53 Å². The van der Waals surface area contributed by atoms with Gasteiger partial charge < -0.3 is 4.74 Å². The molecule has 1 unspecified atom stereocenters. The third kappa shape index (κ3) is 5.93. The molecule has 2 fully saturated rings. The van der Waals surface area contributed by atoms with Gasteiger partial charge in [-0.25, -0.2) is 0 Å². The van der Waals surface area contributed by atoms with Gasteiger partial charge in [0.25, 0.3) is 0 Å². The van der Waals surface area contributed by atoms with E-state index in [1.165, 1.54) is 64.2 Å². The summed E-state index contributed by atoms with van der Waals surface area (Å²) in [5.41, 5.74) is 0. The van der Waals surface area contributed by atoms with Crippen LogP contribution >= 0.6 is 0 Å². The zero-order valence-corrected chi connectivity index (χ0v) is 14.8. The summed E-state index contributed by atoms with van der Waals surface area (Å²) in [4.78, 5) is 12.1. The third-order valence-corrected chi connectivity index (χ3v) is 6.01. The molecule has 2 saturated carbocycles. The van der Waals surface area contributed by atoms with Gasteiger partial charge >= 0.3 is 5.97 Å². The van der Waals surface area contributed by atoms with Crippen molar-refractivity contribution in [1.29, 1.82) is 0 Å². The highest BCUT2D eigenvalue weighted by molar-refractivity contribution is 5.69. The van der Waals surface area contributed by atoms with Gasteiger partial charge in [0.15, 0.2) is 0 Å². The van der Waals surface area contributed by atoms with Crippen LogP contribution in [0.5, 0.6) is 0 Å². The molecule has 0 aromatic carbocycles. The van der Waals surface area contributed by atoms with E-state index in [2.05, 4.69) is 13.8 Å². The number of esters is 1. The maximum absolute atomic E-state index is 12.1. The fraction of sp³-hybridized carbons (Fsp3) is 0.950. The maximum atomic E-state index is 12.1. The monoisotopic (exact) mass is 308 g/mol. The third-order valence-electron chi connectivity index (χ3n) is 6.01. The molecule has 0 aromatic rings. The highest BCUT2D eigenvalue weighted by Gasteiger charge is 2.27. The summed E-state index contributed by atoms with van der Waals surface area (Å²) in [6.45, 7) is 4.69. The van der Waals surface area contributed by atoms with Gasteiger partial charge in [0.05, 0.1) is 0 Å². The van der Waals surface area contributed by atoms with Crippen molar-refractivity contribution in [3.63, 3.8) is 0 Å². The van der Waals surface area contributed by atoms with Crippen LogP contribution in [0.1, 0.15) is 97.3 Å². The minimum Gasteiger partial charge on any atom is -0.462 e. The topological polar surface area (TPSA) is 26.3 Å². The fourth-order valence-electron chi connectivity index (χ4n) is 4.40. The van der Waals surface area contributed by atoms with Crippen LogP contribution in [0.2, 0.25) is 0 Å². The second-order valence-corrected chi connectivity index (χ2v) is 7.85. The van der Waals surface area contributed by atoms with Crippen LogP contribution < -0.4 is 0 Å². The summed E-state index contributed by atoms with van der Waals surface area (Å²) in [5.74, 6) is 2.39. The van der Waals surface area contributed by atoms with E-state index in [-0.39, 0.29) is 12.1 Å². The van der Waals surface area contributed by atoms with Crippen molar-refractivity contribution in [2.75, 3.05) is 0 Å². The Morgan fingerprint density at radius 1 is 1.05 bits per heavy atom. The smallest absolute Gasteiger partial charge is 0.306 e. The molecule has 1 atom stereocenters. The Bertz CT molecular complexity index is 312. The largest absolute Gasteiger partial charge is 0.462 e. The van der Waals surface area contributed by atoms with E-state index in [1.54, 1.807) is 0 Å². The van der Waals surface area contributed by atoms with E-state index in [0.717, 1.165) is 24.7 Å². The Labute approximate surface area is 137 Å². The first-order valence-corrected chi connectivity index (χ1v) is 9.88. The molecule has 0 aromatic heterocycles. The fourth-order valence-corrected chi connectivity index (χ4v) is 4.40. The highest BCUT2D eigenvalue weighted by Crippen LogP contribution is 2.34. The molecule has 22 heavy (non-hydrogen) atoms. The van der Waals surface area contributed by atoms with Gasteiger partial charge in [0, 0.05) is 6.42 Å². The summed E-state index contributed by atoms with van der Waals surface area (Å²) in [5, 5.41) is 0. The number of hydrogen-bond donors (Lipinski definition) is 0. The number of carbonyl (C=O) groups is 1. The SMILES string of the molecule is CCCCC(C)C1CCC(OC(=O)CC2CCCCC2)CC1. The first-order valence-electron chi connectivity index (χ1n) is 9.88. The van der Waals surface area contributed by atoms with Crippen LogP contribution in [-0.4, -0.2) is 12.1 Å². The first kappa shape index (κ1) is 17.8. The van der Waals surface area contributed by atoms with Crippen molar-refractivity contribution < 1.29 is 9.53 Å². The number of rotatable bonds is 7. The molecule has 0 spiro atoms. The molecule has 2 aliphatic rings. The Morgan fingerprint density at radius 2 is 1.73 bits per heavy atom. The molecular weight excluding hydrogens is 272 g/mol. The lowest BCUT2D eigenvalue weighted by atomic mass is 9.78.